The minimum atomic E-state index is -3.52. The lowest BCUT2D eigenvalue weighted by atomic mass is 10.8. The molecule has 0 fully saturated rings. The molecule has 80 valence electrons. The van der Waals surface area contributed by atoms with E-state index in [0.29, 0.717) is 0 Å². The molecule has 0 unspecified atom stereocenters. The summed E-state index contributed by atoms with van der Waals surface area (Å²) in [6, 6.07) is 0. The molecule has 0 aromatic carbocycles. The van der Waals surface area contributed by atoms with Crippen molar-refractivity contribution in [3.05, 3.63) is 0 Å². The number of rotatable bonds is 6. The van der Waals surface area contributed by atoms with Crippen LogP contribution in [0.15, 0.2) is 0 Å². The summed E-state index contributed by atoms with van der Waals surface area (Å²) in [5, 5.41) is 8.32. The normalized spacial score (nSPS) is 13.1. The third-order valence-electron chi connectivity index (χ3n) is 1.15. The van der Waals surface area contributed by atoms with Crippen molar-refractivity contribution < 1.29 is 21.9 Å². The van der Waals surface area contributed by atoms with E-state index in [-0.39, 0.29) is 12.3 Å². The van der Waals surface area contributed by atoms with E-state index in [2.05, 4.69) is 0 Å². The molecule has 13 heavy (non-hydrogen) atoms. The van der Waals surface area contributed by atoms with Gasteiger partial charge in [-0.3, -0.25) is 0 Å². The van der Waals surface area contributed by atoms with Crippen molar-refractivity contribution in [2.24, 2.45) is 0 Å². The van der Waals surface area contributed by atoms with Gasteiger partial charge in [0.25, 0.3) is 0 Å². The largest absolute Gasteiger partial charge is 0.395 e. The van der Waals surface area contributed by atoms with Crippen LogP contribution in [0.5, 0.6) is 0 Å². The highest BCUT2D eigenvalue weighted by molar-refractivity contribution is 7.91. The van der Waals surface area contributed by atoms with E-state index in [9.17, 15) is 16.8 Å². The number of aliphatic hydroxyl groups excluding tert-OH is 1. The molecule has 0 aliphatic heterocycles. The molecular weight excluding hydrogens is 218 g/mol. The van der Waals surface area contributed by atoms with Gasteiger partial charge in [-0.25, -0.2) is 21.6 Å². The molecule has 0 aromatic rings. The Labute approximate surface area is 77.9 Å². The van der Waals surface area contributed by atoms with Crippen LogP contribution in [0, 0.1) is 0 Å². The van der Waals surface area contributed by atoms with Crippen molar-refractivity contribution >= 4 is 19.9 Å². The Morgan fingerprint density at radius 1 is 1.15 bits per heavy atom. The van der Waals surface area contributed by atoms with Gasteiger partial charge in [-0.05, 0) is 0 Å². The molecule has 0 spiro atoms. The van der Waals surface area contributed by atoms with Crippen LogP contribution >= 0.6 is 0 Å². The van der Waals surface area contributed by atoms with E-state index >= 15 is 0 Å². The Bertz CT molecular complexity index is 330. The maximum Gasteiger partial charge on any atom is 0.213 e. The van der Waals surface area contributed by atoms with E-state index in [4.69, 9.17) is 5.11 Å². The molecule has 0 rings (SSSR count). The smallest absolute Gasteiger partial charge is 0.213 e. The van der Waals surface area contributed by atoms with Crippen molar-refractivity contribution in [2.75, 3.05) is 30.9 Å². The number of nitrogens with one attached hydrogen (secondary N) is 1. The number of sulfonamides is 1. The van der Waals surface area contributed by atoms with Gasteiger partial charge in [0.1, 0.15) is 9.84 Å². The third kappa shape index (κ3) is 8.16. The van der Waals surface area contributed by atoms with Gasteiger partial charge in [-0.1, -0.05) is 0 Å². The highest BCUT2D eigenvalue weighted by Crippen LogP contribution is 1.85. The molecule has 0 bridgehead atoms. The number of hydrogen-bond donors (Lipinski definition) is 2. The maximum atomic E-state index is 10.9. The molecule has 0 radical (unpaired) electrons. The van der Waals surface area contributed by atoms with Gasteiger partial charge >= 0.3 is 0 Å². The molecule has 0 heterocycles. The van der Waals surface area contributed by atoms with Crippen LogP contribution in [0.1, 0.15) is 0 Å². The SMILES string of the molecule is CS(=O)(=O)CCNS(=O)(=O)CCO. The average molecular weight is 231 g/mol. The monoisotopic (exact) mass is 231 g/mol. The van der Waals surface area contributed by atoms with Gasteiger partial charge in [0.2, 0.25) is 10.0 Å². The average Bonchev–Trinajstić information content (AvgIpc) is 1.82. The number of aliphatic hydroxyl groups is 1. The van der Waals surface area contributed by atoms with Gasteiger partial charge in [0.05, 0.1) is 18.1 Å². The second-order valence-corrected chi connectivity index (χ2v) is 6.75. The summed E-state index contributed by atoms with van der Waals surface area (Å²) in [6.45, 7) is -0.630. The van der Waals surface area contributed by atoms with Gasteiger partial charge in [-0.15, -0.1) is 0 Å². The van der Waals surface area contributed by atoms with Crippen molar-refractivity contribution in [1.29, 1.82) is 0 Å². The first-order valence-electron chi connectivity index (χ1n) is 3.53. The summed E-state index contributed by atoms with van der Waals surface area (Å²) in [5.74, 6) is -0.644. The summed E-state index contributed by atoms with van der Waals surface area (Å²) in [6.07, 6.45) is 1.02. The van der Waals surface area contributed by atoms with Crippen LogP contribution in [0.3, 0.4) is 0 Å². The Kier molecular flexibility index (Phi) is 4.82. The van der Waals surface area contributed by atoms with Gasteiger partial charge in [-0.2, -0.15) is 0 Å². The van der Waals surface area contributed by atoms with Crippen LogP contribution in [0.25, 0.3) is 0 Å². The predicted molar refractivity (Wildman–Crippen MR) is 48.6 cm³/mol. The molecule has 0 saturated heterocycles. The van der Waals surface area contributed by atoms with E-state index in [1.54, 1.807) is 0 Å². The Morgan fingerprint density at radius 3 is 2.08 bits per heavy atom. The third-order valence-corrected chi connectivity index (χ3v) is 3.46. The summed E-state index contributed by atoms with van der Waals surface area (Å²) < 4.78 is 44.9. The van der Waals surface area contributed by atoms with Gasteiger partial charge in [0, 0.05) is 12.8 Å². The van der Waals surface area contributed by atoms with E-state index in [0.717, 1.165) is 6.26 Å². The van der Waals surface area contributed by atoms with Crippen molar-refractivity contribution in [1.82, 2.24) is 4.72 Å². The Hall–Kier alpha value is -0.180. The quantitative estimate of drug-likeness (QED) is 0.547. The van der Waals surface area contributed by atoms with Crippen molar-refractivity contribution in [3.8, 4) is 0 Å². The minimum Gasteiger partial charge on any atom is -0.395 e. The highest BCUT2D eigenvalue weighted by atomic mass is 32.2. The minimum absolute atomic E-state index is 0.152. The standard InChI is InChI=1S/C5H13NO5S2/c1-12(8,9)4-2-6-13(10,11)5-3-7/h6-7H,2-5H2,1H3. The first kappa shape index (κ1) is 12.8. The molecule has 8 heteroatoms. The zero-order valence-corrected chi connectivity index (χ0v) is 8.86. The second-order valence-electron chi connectivity index (χ2n) is 2.57. The fourth-order valence-corrected chi connectivity index (χ4v) is 1.97. The second kappa shape index (κ2) is 4.89. The van der Waals surface area contributed by atoms with Gasteiger partial charge < -0.3 is 5.11 Å². The summed E-state index contributed by atoms with van der Waals surface area (Å²) in [7, 11) is -6.67. The van der Waals surface area contributed by atoms with Crippen LogP contribution in [0.4, 0.5) is 0 Å². The molecule has 0 aliphatic carbocycles. The first-order valence-corrected chi connectivity index (χ1v) is 7.24. The molecule has 0 aromatic heterocycles. The molecule has 0 atom stereocenters. The van der Waals surface area contributed by atoms with Crippen molar-refractivity contribution in [3.63, 3.8) is 0 Å². The molecule has 0 amide bonds. The summed E-state index contributed by atoms with van der Waals surface area (Å²) >= 11 is 0. The molecule has 0 aliphatic rings. The maximum absolute atomic E-state index is 10.9. The van der Waals surface area contributed by atoms with E-state index in [1.165, 1.54) is 0 Å². The van der Waals surface area contributed by atoms with Crippen molar-refractivity contribution in [2.45, 2.75) is 0 Å². The molecule has 0 saturated carbocycles. The summed E-state index contributed by atoms with van der Waals surface area (Å²) in [4.78, 5) is 0. The number of sulfone groups is 1. The Balaban J connectivity index is 3.91. The zero-order valence-electron chi connectivity index (χ0n) is 7.23. The lowest BCUT2D eigenvalue weighted by molar-refractivity contribution is 0.319. The first-order chi connectivity index (χ1) is 5.77. The Morgan fingerprint density at radius 2 is 1.69 bits per heavy atom. The molecular formula is C5H13NO5S2. The lowest BCUT2D eigenvalue weighted by Gasteiger charge is -2.03. The van der Waals surface area contributed by atoms with Crippen LogP contribution in [-0.4, -0.2) is 52.9 Å². The number of hydrogen-bond acceptors (Lipinski definition) is 5. The summed E-state index contributed by atoms with van der Waals surface area (Å²) in [5.41, 5.74) is 0. The lowest BCUT2D eigenvalue weighted by Crippen LogP contribution is -2.31. The fourth-order valence-electron chi connectivity index (χ4n) is 0.575. The highest BCUT2D eigenvalue weighted by Gasteiger charge is 2.09. The molecule has 6 nitrogen and oxygen atoms in total. The van der Waals surface area contributed by atoms with Gasteiger partial charge in [0.15, 0.2) is 0 Å². The van der Waals surface area contributed by atoms with Crippen LogP contribution in [0.2, 0.25) is 0 Å². The van der Waals surface area contributed by atoms with E-state index in [1.807, 2.05) is 4.72 Å². The fraction of sp³-hybridized carbons (Fsp3) is 1.00. The topological polar surface area (TPSA) is 101 Å². The predicted octanol–water partition coefficient (Wildman–Crippen LogP) is -2.06. The van der Waals surface area contributed by atoms with E-state index < -0.39 is 32.2 Å². The molecule has 2 N–H and O–H groups in total. The van der Waals surface area contributed by atoms with Crippen LogP contribution < -0.4 is 4.72 Å². The zero-order chi connectivity index (χ0) is 10.5. The van der Waals surface area contributed by atoms with Crippen LogP contribution in [-0.2, 0) is 19.9 Å².